The van der Waals surface area contributed by atoms with E-state index in [2.05, 4.69) is 10.6 Å². The van der Waals surface area contributed by atoms with Crippen LogP contribution >= 0.6 is 0 Å². The first-order valence-corrected chi connectivity index (χ1v) is 8.73. The predicted molar refractivity (Wildman–Crippen MR) is 111 cm³/mol. The summed E-state index contributed by atoms with van der Waals surface area (Å²) in [5.41, 5.74) is 2.65. The summed E-state index contributed by atoms with van der Waals surface area (Å²) in [4.78, 5) is 24.4. The zero-order valence-corrected chi connectivity index (χ0v) is 15.4. The molecule has 0 unspecified atom stereocenters. The van der Waals surface area contributed by atoms with Gasteiger partial charge in [-0.05, 0) is 54.1 Å². The maximum Gasteiger partial charge on any atom is 0.255 e. The molecule has 0 aromatic heterocycles. The van der Waals surface area contributed by atoms with Gasteiger partial charge in [0, 0.05) is 23.0 Å². The summed E-state index contributed by atoms with van der Waals surface area (Å²) in [5.74, 6) is 0.293. The predicted octanol–water partition coefficient (Wildman–Crippen LogP) is 4.60. The summed E-state index contributed by atoms with van der Waals surface area (Å²) < 4.78 is 5.11. The van der Waals surface area contributed by atoms with Gasteiger partial charge >= 0.3 is 0 Å². The molecule has 0 atom stereocenters. The molecule has 2 amide bonds. The van der Waals surface area contributed by atoms with Crippen LogP contribution in [0.1, 0.15) is 15.9 Å². The molecule has 0 bridgehead atoms. The summed E-state index contributed by atoms with van der Waals surface area (Å²) in [6, 6.07) is 23.3. The number of anilines is 2. The van der Waals surface area contributed by atoms with E-state index in [4.69, 9.17) is 4.74 Å². The molecule has 0 aliphatic carbocycles. The summed E-state index contributed by atoms with van der Waals surface area (Å²) in [6.07, 6.45) is 3.17. The summed E-state index contributed by atoms with van der Waals surface area (Å²) in [6.45, 7) is 0. The molecule has 0 aliphatic heterocycles. The molecular formula is C23H20N2O3. The van der Waals surface area contributed by atoms with E-state index in [0.717, 1.165) is 11.3 Å². The van der Waals surface area contributed by atoms with Crippen LogP contribution in [0.3, 0.4) is 0 Å². The Morgan fingerprint density at radius 2 is 1.50 bits per heavy atom. The topological polar surface area (TPSA) is 67.4 Å². The number of methoxy groups -OCH3 is 1. The highest BCUT2D eigenvalue weighted by molar-refractivity contribution is 6.05. The van der Waals surface area contributed by atoms with E-state index < -0.39 is 0 Å². The first kappa shape index (κ1) is 18.9. The number of amides is 2. The molecule has 0 spiro atoms. The molecule has 2 N–H and O–H groups in total. The highest BCUT2D eigenvalue weighted by Gasteiger charge is 2.06. The van der Waals surface area contributed by atoms with Gasteiger partial charge in [0.2, 0.25) is 5.91 Å². The third-order valence-electron chi connectivity index (χ3n) is 3.97. The first-order chi connectivity index (χ1) is 13.6. The Hall–Kier alpha value is -3.86. The van der Waals surface area contributed by atoms with Gasteiger partial charge in [-0.15, -0.1) is 0 Å². The zero-order chi connectivity index (χ0) is 19.8. The number of ether oxygens (including phenoxy) is 1. The lowest BCUT2D eigenvalue weighted by molar-refractivity contribution is -0.111. The molecule has 0 fully saturated rings. The minimum atomic E-state index is -0.262. The third kappa shape index (κ3) is 5.32. The Morgan fingerprint density at radius 1 is 0.821 bits per heavy atom. The summed E-state index contributed by atoms with van der Waals surface area (Å²) in [5, 5.41) is 5.61. The molecule has 140 valence electrons. The SMILES string of the molecule is COc1ccc(/C=C/C(=O)Nc2cccc(NC(=O)c3ccccc3)c2)cc1. The Bertz CT molecular complexity index is 980. The molecule has 3 aromatic rings. The van der Waals surface area contributed by atoms with Crippen molar-refractivity contribution in [3.8, 4) is 5.75 Å². The highest BCUT2D eigenvalue weighted by atomic mass is 16.5. The van der Waals surface area contributed by atoms with E-state index in [1.807, 2.05) is 30.3 Å². The van der Waals surface area contributed by atoms with Crippen molar-refractivity contribution in [2.75, 3.05) is 17.7 Å². The van der Waals surface area contributed by atoms with Gasteiger partial charge in [0.25, 0.3) is 5.91 Å². The molecule has 3 rings (SSSR count). The number of hydrogen-bond acceptors (Lipinski definition) is 3. The molecule has 0 radical (unpaired) electrons. The lowest BCUT2D eigenvalue weighted by Gasteiger charge is -2.08. The molecule has 0 saturated carbocycles. The third-order valence-corrected chi connectivity index (χ3v) is 3.97. The average molecular weight is 372 g/mol. The molecule has 5 nitrogen and oxygen atoms in total. The molecule has 3 aromatic carbocycles. The average Bonchev–Trinajstić information content (AvgIpc) is 2.73. The lowest BCUT2D eigenvalue weighted by atomic mass is 10.2. The fourth-order valence-corrected chi connectivity index (χ4v) is 2.54. The number of carbonyl (C=O) groups is 2. The second-order valence-corrected chi connectivity index (χ2v) is 6.00. The molecule has 0 heterocycles. The van der Waals surface area contributed by atoms with Crippen LogP contribution in [-0.4, -0.2) is 18.9 Å². The maximum atomic E-state index is 12.2. The van der Waals surface area contributed by atoms with E-state index in [1.165, 1.54) is 6.08 Å². The number of hydrogen-bond donors (Lipinski definition) is 2. The van der Waals surface area contributed by atoms with Crippen LogP contribution < -0.4 is 15.4 Å². The van der Waals surface area contributed by atoms with Crippen LogP contribution in [0.25, 0.3) is 6.08 Å². The quantitative estimate of drug-likeness (QED) is 0.622. The van der Waals surface area contributed by atoms with Gasteiger partial charge < -0.3 is 15.4 Å². The van der Waals surface area contributed by atoms with Gasteiger partial charge in [-0.3, -0.25) is 9.59 Å². The number of nitrogens with one attached hydrogen (secondary N) is 2. The van der Waals surface area contributed by atoms with Gasteiger partial charge in [-0.1, -0.05) is 36.4 Å². The van der Waals surface area contributed by atoms with Crippen LogP contribution in [0.2, 0.25) is 0 Å². The summed E-state index contributed by atoms with van der Waals surface area (Å²) in [7, 11) is 1.61. The van der Waals surface area contributed by atoms with Gasteiger partial charge in [0.15, 0.2) is 0 Å². The van der Waals surface area contributed by atoms with Gasteiger partial charge in [-0.2, -0.15) is 0 Å². The largest absolute Gasteiger partial charge is 0.497 e. The molecule has 28 heavy (non-hydrogen) atoms. The van der Waals surface area contributed by atoms with Crippen LogP contribution in [0.5, 0.6) is 5.75 Å². The Labute approximate surface area is 163 Å². The standard InChI is InChI=1S/C23H20N2O3/c1-28-21-13-10-17(11-14-21)12-15-22(26)24-19-8-5-9-20(16-19)25-23(27)18-6-3-2-4-7-18/h2-16H,1H3,(H,24,26)(H,25,27)/b15-12+. The van der Waals surface area contributed by atoms with Crippen molar-refractivity contribution >= 4 is 29.3 Å². The maximum absolute atomic E-state index is 12.2. The Balaban J connectivity index is 1.61. The van der Waals surface area contributed by atoms with Crippen molar-refractivity contribution in [1.29, 1.82) is 0 Å². The molecule has 0 aliphatic rings. The zero-order valence-electron chi connectivity index (χ0n) is 15.4. The van der Waals surface area contributed by atoms with Crippen molar-refractivity contribution in [2.45, 2.75) is 0 Å². The summed E-state index contributed by atoms with van der Waals surface area (Å²) >= 11 is 0. The second-order valence-electron chi connectivity index (χ2n) is 6.00. The molecule has 0 saturated heterocycles. The van der Waals surface area contributed by atoms with Crippen molar-refractivity contribution in [2.24, 2.45) is 0 Å². The van der Waals surface area contributed by atoms with Gasteiger partial charge in [-0.25, -0.2) is 0 Å². The number of carbonyl (C=O) groups excluding carboxylic acids is 2. The number of rotatable bonds is 6. The van der Waals surface area contributed by atoms with Crippen LogP contribution in [-0.2, 0) is 4.79 Å². The normalized spacial score (nSPS) is 10.5. The fraction of sp³-hybridized carbons (Fsp3) is 0.0435. The van der Waals surface area contributed by atoms with Crippen molar-refractivity contribution in [3.05, 3.63) is 96.1 Å². The minimum Gasteiger partial charge on any atom is -0.497 e. The van der Waals surface area contributed by atoms with E-state index >= 15 is 0 Å². The van der Waals surface area contributed by atoms with Crippen molar-refractivity contribution in [1.82, 2.24) is 0 Å². The monoisotopic (exact) mass is 372 g/mol. The Morgan fingerprint density at radius 3 is 2.18 bits per heavy atom. The minimum absolute atomic E-state index is 0.205. The van der Waals surface area contributed by atoms with Crippen LogP contribution in [0.4, 0.5) is 11.4 Å². The first-order valence-electron chi connectivity index (χ1n) is 8.73. The second kappa shape index (κ2) is 9.19. The van der Waals surface area contributed by atoms with E-state index in [9.17, 15) is 9.59 Å². The van der Waals surface area contributed by atoms with E-state index in [-0.39, 0.29) is 11.8 Å². The van der Waals surface area contributed by atoms with Gasteiger partial charge in [0.05, 0.1) is 7.11 Å². The molecular weight excluding hydrogens is 352 g/mol. The smallest absolute Gasteiger partial charge is 0.255 e. The van der Waals surface area contributed by atoms with Crippen molar-refractivity contribution in [3.63, 3.8) is 0 Å². The van der Waals surface area contributed by atoms with Crippen LogP contribution in [0, 0.1) is 0 Å². The highest BCUT2D eigenvalue weighted by Crippen LogP contribution is 2.17. The van der Waals surface area contributed by atoms with Crippen molar-refractivity contribution < 1.29 is 14.3 Å². The van der Waals surface area contributed by atoms with E-state index in [1.54, 1.807) is 61.7 Å². The van der Waals surface area contributed by atoms with Crippen LogP contribution in [0.15, 0.2) is 84.9 Å². The fourth-order valence-electron chi connectivity index (χ4n) is 2.54. The Kier molecular flexibility index (Phi) is 6.21. The lowest BCUT2D eigenvalue weighted by Crippen LogP contribution is -2.12. The molecule has 5 heteroatoms. The van der Waals surface area contributed by atoms with Gasteiger partial charge in [0.1, 0.15) is 5.75 Å². The number of benzene rings is 3. The van der Waals surface area contributed by atoms with E-state index in [0.29, 0.717) is 16.9 Å².